The highest BCUT2D eigenvalue weighted by atomic mass is 32.2. The molecule has 1 aliphatic rings. The molecule has 2 N–H and O–H groups in total. The summed E-state index contributed by atoms with van der Waals surface area (Å²) in [6.45, 7) is 6.69. The molecule has 0 saturated heterocycles. The fourth-order valence-electron chi connectivity index (χ4n) is 2.61. The standard InChI is InChI=1S/C19H20N4O2S/c1-19(2,3)10-25-16-12(8-20)9-22-14-5-4-11(6-13(14)16)7-15-17(24)23-18(21)26-15/h4-6,9,15H,7,10H2,1-3H3,(H2,21,23,24). The van der Waals surface area contributed by atoms with Gasteiger partial charge in [-0.15, -0.1) is 0 Å². The number of nitrogens with two attached hydrogens (primary N) is 1. The Labute approximate surface area is 156 Å². The van der Waals surface area contributed by atoms with Crippen LogP contribution in [-0.4, -0.2) is 27.9 Å². The van der Waals surface area contributed by atoms with E-state index in [0.29, 0.717) is 29.5 Å². The minimum Gasteiger partial charge on any atom is -0.491 e. The molecule has 6 nitrogen and oxygen atoms in total. The van der Waals surface area contributed by atoms with Gasteiger partial charge in [-0.05, 0) is 29.5 Å². The maximum atomic E-state index is 11.9. The van der Waals surface area contributed by atoms with Gasteiger partial charge in [0.1, 0.15) is 17.4 Å². The second-order valence-electron chi connectivity index (χ2n) is 7.41. The number of aromatic nitrogens is 1. The van der Waals surface area contributed by atoms with E-state index < -0.39 is 0 Å². The Kier molecular flexibility index (Phi) is 4.88. The van der Waals surface area contributed by atoms with Crippen LogP contribution in [0.5, 0.6) is 5.75 Å². The summed E-state index contributed by atoms with van der Waals surface area (Å²) < 4.78 is 5.99. The molecule has 0 bridgehead atoms. The lowest BCUT2D eigenvalue weighted by Crippen LogP contribution is -2.17. The van der Waals surface area contributed by atoms with E-state index >= 15 is 0 Å². The van der Waals surface area contributed by atoms with E-state index in [1.165, 1.54) is 18.0 Å². The lowest BCUT2D eigenvalue weighted by Gasteiger charge is -2.20. The van der Waals surface area contributed by atoms with Crippen molar-refractivity contribution in [2.75, 3.05) is 6.61 Å². The third-order valence-corrected chi connectivity index (χ3v) is 4.82. The molecule has 3 rings (SSSR count). The van der Waals surface area contributed by atoms with Gasteiger partial charge in [-0.25, -0.2) is 0 Å². The Morgan fingerprint density at radius 3 is 2.77 bits per heavy atom. The summed E-state index contributed by atoms with van der Waals surface area (Å²) in [7, 11) is 0. The maximum Gasteiger partial charge on any atom is 0.261 e. The molecular weight excluding hydrogens is 348 g/mol. The fourth-order valence-corrected chi connectivity index (χ4v) is 3.48. The summed E-state index contributed by atoms with van der Waals surface area (Å²) in [4.78, 5) is 20.0. The van der Waals surface area contributed by atoms with Crippen LogP contribution in [0.1, 0.15) is 31.9 Å². The van der Waals surface area contributed by atoms with Gasteiger partial charge in [0, 0.05) is 11.6 Å². The predicted octanol–water partition coefficient (Wildman–Crippen LogP) is 3.03. The van der Waals surface area contributed by atoms with Gasteiger partial charge in [0.15, 0.2) is 5.17 Å². The number of pyridine rings is 1. The number of aliphatic imine (C=N–C) groups is 1. The number of ether oxygens (including phenoxy) is 1. The summed E-state index contributed by atoms with van der Waals surface area (Å²) in [5.74, 6) is 0.330. The molecule has 26 heavy (non-hydrogen) atoms. The lowest BCUT2D eigenvalue weighted by atomic mass is 9.98. The van der Waals surface area contributed by atoms with Crippen molar-refractivity contribution >= 4 is 33.7 Å². The van der Waals surface area contributed by atoms with Crippen LogP contribution in [0.2, 0.25) is 0 Å². The monoisotopic (exact) mass is 368 g/mol. The molecule has 0 aliphatic carbocycles. The van der Waals surface area contributed by atoms with Gasteiger partial charge in [0.25, 0.3) is 5.91 Å². The summed E-state index contributed by atoms with van der Waals surface area (Å²) in [5, 5.41) is 10.2. The summed E-state index contributed by atoms with van der Waals surface area (Å²) in [6.07, 6.45) is 2.05. The Morgan fingerprint density at radius 1 is 1.38 bits per heavy atom. The van der Waals surface area contributed by atoms with Gasteiger partial charge in [0.2, 0.25) is 0 Å². The number of nitrogens with zero attached hydrogens (tertiary/aromatic N) is 3. The summed E-state index contributed by atoms with van der Waals surface area (Å²) >= 11 is 1.28. The topological polar surface area (TPSA) is 101 Å². The van der Waals surface area contributed by atoms with Gasteiger partial charge < -0.3 is 10.5 Å². The Balaban J connectivity index is 1.96. The van der Waals surface area contributed by atoms with Crippen molar-refractivity contribution in [1.82, 2.24) is 4.98 Å². The van der Waals surface area contributed by atoms with E-state index in [0.717, 1.165) is 16.5 Å². The molecule has 2 aromatic rings. The van der Waals surface area contributed by atoms with Crippen LogP contribution in [0, 0.1) is 16.7 Å². The van der Waals surface area contributed by atoms with Crippen LogP contribution in [0.3, 0.4) is 0 Å². The minimum atomic E-state index is -0.307. The summed E-state index contributed by atoms with van der Waals surface area (Å²) in [5.41, 5.74) is 7.69. The number of hydrogen-bond donors (Lipinski definition) is 1. The first kappa shape index (κ1) is 18.2. The minimum absolute atomic E-state index is 0.0400. The van der Waals surface area contributed by atoms with Crippen LogP contribution in [-0.2, 0) is 11.2 Å². The molecule has 1 aromatic carbocycles. The fraction of sp³-hybridized carbons (Fsp3) is 0.368. The molecule has 0 spiro atoms. The highest BCUT2D eigenvalue weighted by molar-refractivity contribution is 8.15. The second kappa shape index (κ2) is 6.96. The molecule has 0 radical (unpaired) electrons. The van der Waals surface area contributed by atoms with Gasteiger partial charge in [-0.3, -0.25) is 9.78 Å². The van der Waals surface area contributed by atoms with Crippen molar-refractivity contribution in [2.45, 2.75) is 32.4 Å². The van der Waals surface area contributed by atoms with E-state index in [1.54, 1.807) is 0 Å². The Bertz CT molecular complexity index is 941. The van der Waals surface area contributed by atoms with Gasteiger partial charge in [0.05, 0.1) is 17.4 Å². The number of nitriles is 1. The van der Waals surface area contributed by atoms with Crippen LogP contribution in [0.15, 0.2) is 29.4 Å². The second-order valence-corrected chi connectivity index (χ2v) is 8.64. The highest BCUT2D eigenvalue weighted by Gasteiger charge is 2.27. The average Bonchev–Trinajstić information content (AvgIpc) is 2.88. The molecule has 1 aromatic heterocycles. The Morgan fingerprint density at radius 2 is 2.15 bits per heavy atom. The first-order chi connectivity index (χ1) is 12.3. The van der Waals surface area contributed by atoms with Crippen LogP contribution in [0.25, 0.3) is 10.9 Å². The smallest absolute Gasteiger partial charge is 0.261 e. The third-order valence-electron chi connectivity index (χ3n) is 3.83. The van der Waals surface area contributed by atoms with E-state index in [-0.39, 0.29) is 16.6 Å². The van der Waals surface area contributed by atoms with Crippen molar-refractivity contribution in [1.29, 1.82) is 5.26 Å². The molecule has 0 saturated carbocycles. The van der Waals surface area contributed by atoms with Crippen molar-refractivity contribution in [3.05, 3.63) is 35.5 Å². The van der Waals surface area contributed by atoms with Crippen LogP contribution in [0.4, 0.5) is 0 Å². The van der Waals surface area contributed by atoms with Crippen molar-refractivity contribution < 1.29 is 9.53 Å². The number of amidine groups is 1. The molecule has 0 fully saturated rings. The normalized spacial score (nSPS) is 17.2. The van der Waals surface area contributed by atoms with Crippen molar-refractivity contribution in [2.24, 2.45) is 16.1 Å². The molecule has 1 aliphatic heterocycles. The first-order valence-corrected chi connectivity index (χ1v) is 9.14. The molecule has 7 heteroatoms. The molecule has 134 valence electrons. The van der Waals surface area contributed by atoms with E-state index in [2.05, 4.69) is 36.8 Å². The average molecular weight is 368 g/mol. The number of rotatable bonds is 4. The van der Waals surface area contributed by atoms with Gasteiger partial charge in [-0.1, -0.05) is 38.6 Å². The number of benzene rings is 1. The molecule has 1 amide bonds. The van der Waals surface area contributed by atoms with Crippen molar-refractivity contribution in [3.8, 4) is 11.8 Å². The zero-order valence-corrected chi connectivity index (χ0v) is 15.8. The van der Waals surface area contributed by atoms with Gasteiger partial charge in [-0.2, -0.15) is 10.3 Å². The highest BCUT2D eigenvalue weighted by Crippen LogP contribution is 2.32. The van der Waals surface area contributed by atoms with Crippen molar-refractivity contribution in [3.63, 3.8) is 0 Å². The quantitative estimate of drug-likeness (QED) is 0.890. The number of hydrogen-bond acceptors (Lipinski definition) is 6. The number of thioether (sulfide) groups is 1. The third kappa shape index (κ3) is 3.97. The molecular formula is C19H20N4O2S. The van der Waals surface area contributed by atoms with Crippen LogP contribution < -0.4 is 10.5 Å². The number of carbonyl (C=O) groups excluding carboxylic acids is 1. The van der Waals surface area contributed by atoms with E-state index in [4.69, 9.17) is 10.5 Å². The van der Waals surface area contributed by atoms with E-state index in [1.807, 2.05) is 18.2 Å². The zero-order valence-electron chi connectivity index (χ0n) is 14.9. The van der Waals surface area contributed by atoms with E-state index in [9.17, 15) is 10.1 Å². The van der Waals surface area contributed by atoms with Gasteiger partial charge >= 0.3 is 0 Å². The first-order valence-electron chi connectivity index (χ1n) is 8.26. The molecule has 2 heterocycles. The Hall–Kier alpha value is -2.59. The number of amides is 1. The lowest BCUT2D eigenvalue weighted by molar-refractivity contribution is -0.117. The largest absolute Gasteiger partial charge is 0.491 e. The maximum absolute atomic E-state index is 11.9. The molecule has 1 unspecified atom stereocenters. The number of fused-ring (bicyclic) bond motifs is 1. The number of carbonyl (C=O) groups is 1. The SMILES string of the molecule is CC(C)(C)COc1c(C#N)cnc2ccc(CC3SC(N)=NC3=O)cc12. The zero-order chi connectivity index (χ0) is 18.9. The molecule has 1 atom stereocenters. The summed E-state index contributed by atoms with van der Waals surface area (Å²) in [6, 6.07) is 7.89. The predicted molar refractivity (Wildman–Crippen MR) is 103 cm³/mol. The van der Waals surface area contributed by atoms with Crippen LogP contribution >= 0.6 is 11.8 Å².